The maximum Gasteiger partial charge on any atom is 0.257 e. The summed E-state index contributed by atoms with van der Waals surface area (Å²) in [6, 6.07) is 11.2. The van der Waals surface area contributed by atoms with Crippen molar-refractivity contribution in [3.05, 3.63) is 60.1 Å². The van der Waals surface area contributed by atoms with Crippen LogP contribution < -0.4 is 10.1 Å². The van der Waals surface area contributed by atoms with Gasteiger partial charge in [0.15, 0.2) is 6.61 Å². The maximum atomic E-state index is 12.2. The molecule has 2 aromatic rings. The van der Waals surface area contributed by atoms with Crippen molar-refractivity contribution in [2.45, 2.75) is 19.8 Å². The molecule has 148 valence electrons. The average Bonchev–Trinajstić information content (AvgIpc) is 3.24. The van der Waals surface area contributed by atoms with Gasteiger partial charge in [-0.05, 0) is 55.5 Å². The van der Waals surface area contributed by atoms with Crippen molar-refractivity contribution in [1.29, 1.82) is 0 Å². The van der Waals surface area contributed by atoms with Crippen molar-refractivity contribution < 1.29 is 18.7 Å². The Morgan fingerprint density at radius 2 is 2.00 bits per heavy atom. The SMILES string of the molecule is Cc1ccccc1OCC(=O)NCC1CCN(C(=O)/C=C/c2ccco2)CC1. The number of likely N-dealkylation sites (tertiary alicyclic amines) is 1. The molecule has 2 heterocycles. The minimum Gasteiger partial charge on any atom is -0.484 e. The lowest BCUT2D eigenvalue weighted by atomic mass is 9.96. The van der Waals surface area contributed by atoms with Crippen molar-refractivity contribution in [2.75, 3.05) is 26.2 Å². The number of hydrogen-bond donors (Lipinski definition) is 1. The number of carbonyl (C=O) groups is 2. The highest BCUT2D eigenvalue weighted by Crippen LogP contribution is 2.18. The van der Waals surface area contributed by atoms with Crippen LogP contribution in [-0.2, 0) is 9.59 Å². The molecule has 0 radical (unpaired) electrons. The van der Waals surface area contributed by atoms with Crippen LogP contribution in [0, 0.1) is 12.8 Å². The minimum atomic E-state index is -0.122. The highest BCUT2D eigenvalue weighted by molar-refractivity contribution is 5.91. The Balaban J connectivity index is 1.34. The topological polar surface area (TPSA) is 71.8 Å². The second-order valence-corrected chi connectivity index (χ2v) is 6.98. The molecule has 0 bridgehead atoms. The monoisotopic (exact) mass is 382 g/mol. The molecule has 0 spiro atoms. The Bertz CT molecular complexity index is 806. The van der Waals surface area contributed by atoms with Crippen LogP contribution in [-0.4, -0.2) is 43.0 Å². The third-order valence-electron chi connectivity index (χ3n) is 4.90. The number of furan rings is 1. The minimum absolute atomic E-state index is 0.00878. The van der Waals surface area contributed by atoms with Gasteiger partial charge in [-0.15, -0.1) is 0 Å². The number of nitrogens with zero attached hydrogens (tertiary/aromatic N) is 1. The third kappa shape index (κ3) is 5.74. The van der Waals surface area contributed by atoms with Gasteiger partial charge in [0.25, 0.3) is 5.91 Å². The Hall–Kier alpha value is -3.02. The van der Waals surface area contributed by atoms with Crippen molar-refractivity contribution in [2.24, 2.45) is 5.92 Å². The van der Waals surface area contributed by atoms with E-state index >= 15 is 0 Å². The van der Waals surface area contributed by atoms with Gasteiger partial charge in [0, 0.05) is 25.7 Å². The van der Waals surface area contributed by atoms with E-state index in [1.807, 2.05) is 42.2 Å². The van der Waals surface area contributed by atoms with Crippen LogP contribution in [0.4, 0.5) is 0 Å². The predicted octanol–water partition coefficient (Wildman–Crippen LogP) is 3.04. The van der Waals surface area contributed by atoms with Gasteiger partial charge in [-0.3, -0.25) is 9.59 Å². The number of nitrogens with one attached hydrogen (secondary N) is 1. The van der Waals surface area contributed by atoms with Gasteiger partial charge in [0.2, 0.25) is 5.91 Å². The summed E-state index contributed by atoms with van der Waals surface area (Å²) in [7, 11) is 0. The Morgan fingerprint density at radius 1 is 1.21 bits per heavy atom. The first-order chi connectivity index (χ1) is 13.6. The van der Waals surface area contributed by atoms with Gasteiger partial charge in [0.05, 0.1) is 6.26 Å². The summed E-state index contributed by atoms with van der Waals surface area (Å²) < 4.78 is 10.8. The molecule has 1 fully saturated rings. The van der Waals surface area contributed by atoms with Crippen molar-refractivity contribution in [1.82, 2.24) is 10.2 Å². The van der Waals surface area contributed by atoms with E-state index in [9.17, 15) is 9.59 Å². The highest BCUT2D eigenvalue weighted by atomic mass is 16.5. The Morgan fingerprint density at radius 3 is 2.71 bits per heavy atom. The quantitative estimate of drug-likeness (QED) is 0.747. The summed E-state index contributed by atoms with van der Waals surface area (Å²) in [4.78, 5) is 26.1. The van der Waals surface area contributed by atoms with Gasteiger partial charge < -0.3 is 19.4 Å². The molecule has 0 atom stereocenters. The number of piperidine rings is 1. The van der Waals surface area contributed by atoms with E-state index in [4.69, 9.17) is 9.15 Å². The zero-order valence-corrected chi connectivity index (χ0v) is 16.1. The first-order valence-electron chi connectivity index (χ1n) is 9.57. The molecule has 0 saturated carbocycles. The molecular weight excluding hydrogens is 356 g/mol. The zero-order chi connectivity index (χ0) is 19.8. The van der Waals surface area contributed by atoms with Crippen LogP contribution in [0.25, 0.3) is 6.08 Å². The summed E-state index contributed by atoms with van der Waals surface area (Å²) in [5.41, 5.74) is 1.01. The molecule has 28 heavy (non-hydrogen) atoms. The van der Waals surface area contributed by atoms with Crippen LogP contribution >= 0.6 is 0 Å². The maximum absolute atomic E-state index is 12.2. The lowest BCUT2D eigenvalue weighted by molar-refractivity contribution is -0.128. The van der Waals surface area contributed by atoms with Gasteiger partial charge in [0.1, 0.15) is 11.5 Å². The largest absolute Gasteiger partial charge is 0.484 e. The van der Waals surface area contributed by atoms with Crippen LogP contribution in [0.2, 0.25) is 0 Å². The second-order valence-electron chi connectivity index (χ2n) is 6.98. The molecule has 1 aliphatic heterocycles. The Labute approximate surface area is 165 Å². The van der Waals surface area contributed by atoms with Gasteiger partial charge in [-0.1, -0.05) is 18.2 Å². The average molecular weight is 382 g/mol. The summed E-state index contributed by atoms with van der Waals surface area (Å²) in [6.45, 7) is 3.97. The third-order valence-corrected chi connectivity index (χ3v) is 4.90. The number of amides is 2. The summed E-state index contributed by atoms with van der Waals surface area (Å²) in [5, 5.41) is 2.94. The summed E-state index contributed by atoms with van der Waals surface area (Å²) >= 11 is 0. The van der Waals surface area contributed by atoms with Crippen LogP contribution in [0.5, 0.6) is 5.75 Å². The fourth-order valence-corrected chi connectivity index (χ4v) is 3.17. The van der Waals surface area contributed by atoms with Crippen molar-refractivity contribution >= 4 is 17.9 Å². The number of benzene rings is 1. The molecule has 1 N–H and O–H groups in total. The number of rotatable bonds is 7. The first kappa shape index (κ1) is 19.7. The van der Waals surface area contributed by atoms with E-state index in [0.29, 0.717) is 31.3 Å². The number of carbonyl (C=O) groups excluding carboxylic acids is 2. The molecule has 6 heteroatoms. The normalized spacial score (nSPS) is 15.0. The molecule has 1 aromatic carbocycles. The van der Waals surface area contributed by atoms with Gasteiger partial charge >= 0.3 is 0 Å². The first-order valence-corrected chi connectivity index (χ1v) is 9.57. The molecule has 2 amide bonds. The van der Waals surface area contributed by atoms with E-state index in [2.05, 4.69) is 5.32 Å². The zero-order valence-electron chi connectivity index (χ0n) is 16.1. The number of ether oxygens (including phenoxy) is 1. The smallest absolute Gasteiger partial charge is 0.257 e. The van der Waals surface area contributed by atoms with Crippen molar-refractivity contribution in [3.63, 3.8) is 0 Å². The molecular formula is C22H26N2O4. The molecule has 0 aliphatic carbocycles. The van der Waals surface area contributed by atoms with Crippen LogP contribution in [0.1, 0.15) is 24.2 Å². The van der Waals surface area contributed by atoms with E-state index in [1.54, 1.807) is 24.5 Å². The van der Waals surface area contributed by atoms with Crippen LogP contribution in [0.3, 0.4) is 0 Å². The Kier molecular flexibility index (Phi) is 6.89. The number of para-hydroxylation sites is 1. The fourth-order valence-electron chi connectivity index (χ4n) is 3.17. The number of aryl methyl sites for hydroxylation is 1. The van der Waals surface area contributed by atoms with E-state index < -0.39 is 0 Å². The number of hydrogen-bond acceptors (Lipinski definition) is 4. The van der Waals surface area contributed by atoms with E-state index in [0.717, 1.165) is 24.2 Å². The molecule has 3 rings (SSSR count). The van der Waals surface area contributed by atoms with Crippen LogP contribution in [0.15, 0.2) is 53.2 Å². The molecule has 1 saturated heterocycles. The summed E-state index contributed by atoms with van der Waals surface area (Å²) in [6.07, 6.45) is 6.56. The molecule has 1 aliphatic rings. The van der Waals surface area contributed by atoms with Crippen molar-refractivity contribution in [3.8, 4) is 5.75 Å². The molecule has 0 unspecified atom stereocenters. The lowest BCUT2D eigenvalue weighted by Crippen LogP contribution is -2.41. The standard InChI is InChI=1S/C22H26N2O4/c1-17-5-2-3-7-20(17)28-16-21(25)23-15-18-10-12-24(13-11-18)22(26)9-8-19-6-4-14-27-19/h2-9,14,18H,10-13,15-16H2,1H3,(H,23,25)/b9-8+. The molecule has 6 nitrogen and oxygen atoms in total. The lowest BCUT2D eigenvalue weighted by Gasteiger charge is -2.31. The highest BCUT2D eigenvalue weighted by Gasteiger charge is 2.22. The molecule has 1 aromatic heterocycles. The summed E-state index contributed by atoms with van der Waals surface area (Å²) in [5.74, 6) is 1.64. The van der Waals surface area contributed by atoms with E-state index in [-0.39, 0.29) is 18.4 Å². The van der Waals surface area contributed by atoms with Gasteiger partial charge in [-0.2, -0.15) is 0 Å². The van der Waals surface area contributed by atoms with Gasteiger partial charge in [-0.25, -0.2) is 0 Å². The predicted molar refractivity (Wildman–Crippen MR) is 107 cm³/mol. The van der Waals surface area contributed by atoms with E-state index in [1.165, 1.54) is 0 Å². The fraction of sp³-hybridized carbons (Fsp3) is 0.364. The second kappa shape index (κ2) is 9.78.